The van der Waals surface area contributed by atoms with Crippen LogP contribution in [-0.4, -0.2) is 41.3 Å². The number of carbonyl (C=O) groups is 2. The van der Waals surface area contributed by atoms with Crippen LogP contribution in [0.4, 0.5) is 14.9 Å². The zero-order valence-corrected chi connectivity index (χ0v) is 15.7. The summed E-state index contributed by atoms with van der Waals surface area (Å²) in [6, 6.07) is 12.3. The quantitative estimate of drug-likeness (QED) is 0.810. The monoisotopic (exact) mass is 400 g/mol. The third-order valence-corrected chi connectivity index (χ3v) is 5.23. The zero-order valence-electron chi connectivity index (χ0n) is 14.9. The van der Waals surface area contributed by atoms with E-state index in [0.717, 1.165) is 5.56 Å². The van der Waals surface area contributed by atoms with Gasteiger partial charge >= 0.3 is 6.03 Å². The molecule has 6 nitrogen and oxygen atoms in total. The summed E-state index contributed by atoms with van der Waals surface area (Å²) in [4.78, 5) is 31.2. The van der Waals surface area contributed by atoms with Crippen LogP contribution in [0.2, 0.25) is 5.02 Å². The topological polar surface area (TPSA) is 73.8 Å². The van der Waals surface area contributed by atoms with Gasteiger partial charge < -0.3 is 15.5 Å². The first-order valence-electron chi connectivity index (χ1n) is 8.94. The van der Waals surface area contributed by atoms with Gasteiger partial charge in [-0.1, -0.05) is 23.7 Å². The summed E-state index contributed by atoms with van der Waals surface area (Å²) in [5.41, 5.74) is 0.957. The second-order valence-electron chi connectivity index (χ2n) is 6.88. The Kier molecular flexibility index (Phi) is 4.77. The predicted octanol–water partition coefficient (Wildman–Crippen LogP) is 3.42. The third kappa shape index (κ3) is 3.71. The van der Waals surface area contributed by atoms with Crippen molar-refractivity contribution in [3.63, 3.8) is 0 Å². The Bertz CT molecular complexity index is 936. The number of piperidine rings is 1. The molecule has 0 saturated carbocycles. The van der Waals surface area contributed by atoms with Crippen molar-refractivity contribution in [1.29, 1.82) is 0 Å². The van der Waals surface area contributed by atoms with Crippen LogP contribution in [0.15, 0.2) is 53.5 Å². The fourth-order valence-electron chi connectivity index (χ4n) is 3.42. The van der Waals surface area contributed by atoms with Crippen molar-refractivity contribution in [1.82, 2.24) is 10.2 Å². The molecule has 2 aromatic carbocycles. The number of likely N-dealkylation sites (tertiary alicyclic amines) is 1. The molecule has 2 aliphatic rings. The average Bonchev–Trinajstić information content (AvgIpc) is 3.00. The molecule has 0 aromatic heterocycles. The molecule has 0 atom stereocenters. The first kappa shape index (κ1) is 18.4. The molecule has 0 unspecified atom stereocenters. The Hall–Kier alpha value is -2.93. The standard InChI is InChI=1S/C20H18ClFN4O2/c21-14-3-1-13(2-4-14)17-18(27)25-20(24-17)9-11-26(12-10-20)19(28)23-16-7-5-15(22)6-8-16/h1-8H,9-12H2,(H,23,28)(H,25,27). The smallest absolute Gasteiger partial charge is 0.321 e. The minimum atomic E-state index is -0.682. The lowest BCUT2D eigenvalue weighted by molar-refractivity contribution is -0.115. The number of hydrogen-bond donors (Lipinski definition) is 2. The average molecular weight is 401 g/mol. The molecule has 8 heteroatoms. The van der Waals surface area contributed by atoms with E-state index in [1.807, 2.05) is 0 Å². The first-order chi connectivity index (χ1) is 13.4. The molecular weight excluding hydrogens is 383 g/mol. The predicted molar refractivity (Wildman–Crippen MR) is 105 cm³/mol. The highest BCUT2D eigenvalue weighted by atomic mass is 35.5. The summed E-state index contributed by atoms with van der Waals surface area (Å²) in [6.45, 7) is 0.898. The molecule has 3 amide bonds. The number of carbonyl (C=O) groups excluding carboxylic acids is 2. The highest BCUT2D eigenvalue weighted by Crippen LogP contribution is 2.29. The molecule has 0 radical (unpaired) electrons. The van der Waals surface area contributed by atoms with Crippen molar-refractivity contribution in [2.24, 2.45) is 4.99 Å². The Labute approximate surface area is 166 Å². The van der Waals surface area contributed by atoms with Crippen LogP contribution >= 0.6 is 11.6 Å². The van der Waals surface area contributed by atoms with Gasteiger partial charge in [-0.2, -0.15) is 0 Å². The maximum absolute atomic E-state index is 13.0. The van der Waals surface area contributed by atoms with Crippen molar-refractivity contribution in [2.45, 2.75) is 18.5 Å². The summed E-state index contributed by atoms with van der Waals surface area (Å²) >= 11 is 5.91. The Morgan fingerprint density at radius 3 is 2.39 bits per heavy atom. The fraction of sp³-hybridized carbons (Fsp3) is 0.250. The third-order valence-electron chi connectivity index (χ3n) is 4.98. The number of aliphatic imine (C=N–C) groups is 1. The van der Waals surface area contributed by atoms with E-state index in [1.165, 1.54) is 24.3 Å². The van der Waals surface area contributed by atoms with Gasteiger partial charge in [-0.15, -0.1) is 0 Å². The van der Waals surface area contributed by atoms with Crippen LogP contribution in [0.25, 0.3) is 0 Å². The number of urea groups is 1. The Morgan fingerprint density at radius 2 is 1.75 bits per heavy atom. The molecule has 28 heavy (non-hydrogen) atoms. The summed E-state index contributed by atoms with van der Waals surface area (Å²) in [7, 11) is 0. The summed E-state index contributed by atoms with van der Waals surface area (Å²) < 4.78 is 13.0. The summed E-state index contributed by atoms with van der Waals surface area (Å²) in [6.07, 6.45) is 1.04. The molecule has 2 N–H and O–H groups in total. The largest absolute Gasteiger partial charge is 0.326 e. The minimum absolute atomic E-state index is 0.216. The number of halogens is 2. The highest BCUT2D eigenvalue weighted by molar-refractivity contribution is 6.47. The molecule has 144 valence electrons. The summed E-state index contributed by atoms with van der Waals surface area (Å²) in [5.74, 6) is -0.573. The van der Waals surface area contributed by atoms with Gasteiger partial charge in [-0.05, 0) is 36.4 Å². The Morgan fingerprint density at radius 1 is 1.11 bits per heavy atom. The second-order valence-corrected chi connectivity index (χ2v) is 7.31. The van der Waals surface area contributed by atoms with Gasteiger partial charge in [0.1, 0.15) is 17.2 Å². The van der Waals surface area contributed by atoms with Crippen LogP contribution in [0, 0.1) is 5.82 Å². The van der Waals surface area contributed by atoms with Gasteiger partial charge in [0.05, 0.1) is 0 Å². The zero-order chi connectivity index (χ0) is 19.7. The van der Waals surface area contributed by atoms with Gasteiger partial charge in [-0.25, -0.2) is 9.18 Å². The number of nitrogens with zero attached hydrogens (tertiary/aromatic N) is 2. The maximum Gasteiger partial charge on any atom is 0.321 e. The molecule has 4 rings (SSSR count). The van der Waals surface area contributed by atoms with E-state index in [-0.39, 0.29) is 17.8 Å². The summed E-state index contributed by atoms with van der Waals surface area (Å²) in [5, 5.41) is 6.32. The molecule has 2 heterocycles. The molecule has 1 spiro atoms. The van der Waals surface area contributed by atoms with Crippen molar-refractivity contribution in [2.75, 3.05) is 18.4 Å². The van der Waals surface area contributed by atoms with E-state index in [9.17, 15) is 14.0 Å². The number of rotatable bonds is 2. The van der Waals surface area contributed by atoms with Gasteiger partial charge in [0.15, 0.2) is 0 Å². The van der Waals surface area contributed by atoms with Crippen LogP contribution in [0.1, 0.15) is 18.4 Å². The SMILES string of the molecule is O=C1NC2(CCN(C(=O)Nc3ccc(F)cc3)CC2)N=C1c1ccc(Cl)cc1. The number of benzene rings is 2. The molecule has 0 bridgehead atoms. The van der Waals surface area contributed by atoms with E-state index in [1.54, 1.807) is 29.2 Å². The second kappa shape index (κ2) is 7.24. The lowest BCUT2D eigenvalue weighted by Gasteiger charge is -2.37. The van der Waals surface area contributed by atoms with E-state index >= 15 is 0 Å². The van der Waals surface area contributed by atoms with Crippen LogP contribution < -0.4 is 10.6 Å². The lowest BCUT2D eigenvalue weighted by atomic mass is 9.98. The van der Waals surface area contributed by atoms with E-state index < -0.39 is 5.66 Å². The van der Waals surface area contributed by atoms with E-state index in [4.69, 9.17) is 11.6 Å². The maximum atomic E-state index is 13.0. The number of hydrogen-bond acceptors (Lipinski definition) is 3. The van der Waals surface area contributed by atoms with Crippen molar-refractivity contribution >= 4 is 34.9 Å². The normalized spacial score (nSPS) is 18.0. The molecule has 1 saturated heterocycles. The number of amides is 3. The van der Waals surface area contributed by atoms with Gasteiger partial charge in [0.2, 0.25) is 0 Å². The van der Waals surface area contributed by atoms with Crippen molar-refractivity contribution in [3.8, 4) is 0 Å². The Balaban J connectivity index is 1.41. The van der Waals surface area contributed by atoms with E-state index in [2.05, 4.69) is 15.6 Å². The van der Waals surface area contributed by atoms with Crippen LogP contribution in [0.3, 0.4) is 0 Å². The molecular formula is C20H18ClFN4O2. The van der Waals surface area contributed by atoms with Gasteiger partial charge in [0.25, 0.3) is 5.91 Å². The fourth-order valence-corrected chi connectivity index (χ4v) is 3.54. The van der Waals surface area contributed by atoms with Gasteiger partial charge in [-0.3, -0.25) is 9.79 Å². The molecule has 1 fully saturated rings. The van der Waals surface area contributed by atoms with Gasteiger partial charge in [0, 0.05) is 42.2 Å². The molecule has 2 aromatic rings. The lowest BCUT2D eigenvalue weighted by Crippen LogP contribution is -2.53. The number of nitrogens with one attached hydrogen (secondary N) is 2. The number of anilines is 1. The highest BCUT2D eigenvalue weighted by Gasteiger charge is 2.42. The molecule has 0 aliphatic carbocycles. The first-order valence-corrected chi connectivity index (χ1v) is 9.32. The van der Waals surface area contributed by atoms with Crippen molar-refractivity contribution < 1.29 is 14.0 Å². The van der Waals surface area contributed by atoms with E-state index in [0.29, 0.717) is 42.4 Å². The minimum Gasteiger partial charge on any atom is -0.326 e. The molecule has 2 aliphatic heterocycles. The van der Waals surface area contributed by atoms with Crippen LogP contribution in [-0.2, 0) is 4.79 Å². The van der Waals surface area contributed by atoms with Crippen LogP contribution in [0.5, 0.6) is 0 Å². The van der Waals surface area contributed by atoms with Crippen molar-refractivity contribution in [3.05, 3.63) is 64.9 Å².